The minimum Gasteiger partial charge on any atom is -0.277 e. The number of rotatable bonds is 4. The Morgan fingerprint density at radius 1 is 1.15 bits per heavy atom. The van der Waals surface area contributed by atoms with Gasteiger partial charge in [0.25, 0.3) is 0 Å². The molecule has 134 valence electrons. The van der Waals surface area contributed by atoms with Crippen molar-refractivity contribution in [1.29, 1.82) is 0 Å². The molecule has 0 saturated heterocycles. The van der Waals surface area contributed by atoms with Crippen LogP contribution in [0.15, 0.2) is 47.8 Å². The van der Waals surface area contributed by atoms with Crippen LogP contribution in [0.5, 0.6) is 0 Å². The van der Waals surface area contributed by atoms with Gasteiger partial charge in [0, 0.05) is 17.3 Å². The van der Waals surface area contributed by atoms with Crippen LogP contribution >= 0.6 is 11.6 Å². The van der Waals surface area contributed by atoms with E-state index in [2.05, 4.69) is 25.7 Å². The molecule has 26 heavy (non-hydrogen) atoms. The summed E-state index contributed by atoms with van der Waals surface area (Å²) in [5.74, 6) is -0.393. The van der Waals surface area contributed by atoms with Crippen LogP contribution < -0.4 is 5.43 Å². The number of nitrogens with zero attached hydrogens (tertiary/aromatic N) is 3. The molecule has 3 aromatic rings. The van der Waals surface area contributed by atoms with E-state index in [1.165, 1.54) is 24.5 Å². The maximum atomic E-state index is 13.0. The summed E-state index contributed by atoms with van der Waals surface area (Å²) in [5, 5.41) is 10.3. The molecule has 0 unspecified atom stereocenters. The number of aromatic amines is 1. The lowest BCUT2D eigenvalue weighted by Gasteiger charge is -2.08. The summed E-state index contributed by atoms with van der Waals surface area (Å²) < 4.78 is 50.8. The largest absolute Gasteiger partial charge is 0.417 e. The van der Waals surface area contributed by atoms with Crippen LogP contribution in [0.25, 0.3) is 11.3 Å². The predicted molar refractivity (Wildman–Crippen MR) is 89.4 cm³/mol. The number of hydrogen-bond acceptors (Lipinski definition) is 4. The number of anilines is 1. The minimum atomic E-state index is -4.53. The van der Waals surface area contributed by atoms with Crippen LogP contribution in [-0.2, 0) is 6.18 Å². The Kier molecular flexibility index (Phi) is 4.90. The van der Waals surface area contributed by atoms with Crippen molar-refractivity contribution in [2.24, 2.45) is 5.10 Å². The summed E-state index contributed by atoms with van der Waals surface area (Å²) in [6.07, 6.45) is -0.992. The number of benzene rings is 1. The fraction of sp³-hybridized carbons (Fsp3) is 0.0625. The van der Waals surface area contributed by atoms with Gasteiger partial charge in [0.05, 0.1) is 28.7 Å². The second kappa shape index (κ2) is 7.12. The van der Waals surface area contributed by atoms with Crippen molar-refractivity contribution in [2.75, 3.05) is 5.43 Å². The Hall–Kier alpha value is -2.94. The first-order valence-corrected chi connectivity index (χ1v) is 7.53. The first-order chi connectivity index (χ1) is 12.3. The highest BCUT2D eigenvalue weighted by Crippen LogP contribution is 2.32. The van der Waals surface area contributed by atoms with Gasteiger partial charge in [0.2, 0.25) is 0 Å². The molecule has 1 aromatic carbocycles. The fourth-order valence-corrected chi connectivity index (χ4v) is 2.29. The molecule has 0 radical (unpaired) electrons. The van der Waals surface area contributed by atoms with Gasteiger partial charge in [-0.1, -0.05) is 11.6 Å². The zero-order valence-electron chi connectivity index (χ0n) is 12.9. The molecule has 2 N–H and O–H groups in total. The van der Waals surface area contributed by atoms with Crippen LogP contribution in [0.3, 0.4) is 0 Å². The molecule has 2 heterocycles. The summed E-state index contributed by atoms with van der Waals surface area (Å²) >= 11 is 5.79. The first-order valence-electron chi connectivity index (χ1n) is 7.16. The van der Waals surface area contributed by atoms with Gasteiger partial charge in [-0.3, -0.25) is 10.5 Å². The molecule has 0 saturated carbocycles. The highest BCUT2D eigenvalue weighted by Gasteiger charge is 2.31. The molecule has 0 aliphatic rings. The van der Waals surface area contributed by atoms with Crippen molar-refractivity contribution in [1.82, 2.24) is 15.2 Å². The maximum Gasteiger partial charge on any atom is 0.417 e. The summed E-state index contributed by atoms with van der Waals surface area (Å²) in [7, 11) is 0. The Labute approximate surface area is 149 Å². The molecule has 0 aliphatic carbocycles. The van der Waals surface area contributed by atoms with Crippen molar-refractivity contribution >= 4 is 23.6 Å². The lowest BCUT2D eigenvalue weighted by atomic mass is 10.1. The van der Waals surface area contributed by atoms with Gasteiger partial charge in [0.1, 0.15) is 5.82 Å². The standard InChI is InChI=1S/C16H10ClF4N5/c17-13-5-11(16(19,20)21)8-22-15(13)26-24-7-10-6-23-25-14(10)9-1-3-12(18)4-2-9/h1-8H,(H,22,26)(H,23,25)/b24-7+. The molecule has 10 heteroatoms. The summed E-state index contributed by atoms with van der Waals surface area (Å²) in [6, 6.07) is 6.51. The fourth-order valence-electron chi connectivity index (χ4n) is 2.08. The quantitative estimate of drug-likeness (QED) is 0.389. The number of hydrazone groups is 1. The SMILES string of the molecule is Fc1ccc(-c2[nH]ncc2/C=N/Nc2ncc(C(F)(F)F)cc2Cl)cc1. The molecule has 0 aliphatic heterocycles. The van der Waals surface area contributed by atoms with Gasteiger partial charge in [-0.25, -0.2) is 9.37 Å². The van der Waals surface area contributed by atoms with E-state index >= 15 is 0 Å². The van der Waals surface area contributed by atoms with Crippen molar-refractivity contribution in [3.63, 3.8) is 0 Å². The number of hydrogen-bond donors (Lipinski definition) is 2. The Morgan fingerprint density at radius 2 is 1.88 bits per heavy atom. The van der Waals surface area contributed by atoms with E-state index in [1.54, 1.807) is 12.1 Å². The smallest absolute Gasteiger partial charge is 0.277 e. The molecule has 0 fully saturated rings. The van der Waals surface area contributed by atoms with E-state index in [1.807, 2.05) is 0 Å². The van der Waals surface area contributed by atoms with Crippen LogP contribution in [0.1, 0.15) is 11.1 Å². The molecule has 0 amide bonds. The number of alkyl halides is 3. The van der Waals surface area contributed by atoms with E-state index in [0.717, 1.165) is 6.07 Å². The first kappa shape index (κ1) is 17.9. The van der Waals surface area contributed by atoms with Crippen LogP contribution in [0.4, 0.5) is 23.4 Å². The highest BCUT2D eigenvalue weighted by atomic mass is 35.5. The average Bonchev–Trinajstić information content (AvgIpc) is 3.04. The third-order valence-corrected chi connectivity index (χ3v) is 3.63. The van der Waals surface area contributed by atoms with Crippen molar-refractivity contribution in [3.8, 4) is 11.3 Å². The van der Waals surface area contributed by atoms with E-state index < -0.39 is 11.7 Å². The van der Waals surface area contributed by atoms with Gasteiger partial charge in [-0.15, -0.1) is 0 Å². The molecular formula is C16H10ClF4N5. The molecule has 2 aromatic heterocycles. The minimum absolute atomic E-state index is 0.0252. The lowest BCUT2D eigenvalue weighted by Crippen LogP contribution is -2.06. The summed E-state index contributed by atoms with van der Waals surface area (Å²) in [4.78, 5) is 3.61. The number of H-pyrrole nitrogens is 1. The maximum absolute atomic E-state index is 13.0. The van der Waals surface area contributed by atoms with Crippen LogP contribution in [0.2, 0.25) is 5.02 Å². The molecular weight excluding hydrogens is 374 g/mol. The average molecular weight is 384 g/mol. The molecule has 0 bridgehead atoms. The van der Waals surface area contributed by atoms with Gasteiger partial charge >= 0.3 is 6.18 Å². The van der Waals surface area contributed by atoms with E-state index in [-0.39, 0.29) is 16.7 Å². The van der Waals surface area contributed by atoms with Crippen molar-refractivity contribution < 1.29 is 17.6 Å². The Balaban J connectivity index is 1.76. The Bertz CT molecular complexity index is 935. The lowest BCUT2D eigenvalue weighted by molar-refractivity contribution is -0.137. The molecule has 0 atom stereocenters. The van der Waals surface area contributed by atoms with E-state index in [0.29, 0.717) is 23.0 Å². The van der Waals surface area contributed by atoms with Crippen LogP contribution in [-0.4, -0.2) is 21.4 Å². The third kappa shape index (κ3) is 3.99. The van der Waals surface area contributed by atoms with E-state index in [4.69, 9.17) is 11.6 Å². The second-order valence-corrected chi connectivity index (χ2v) is 5.54. The van der Waals surface area contributed by atoms with Gasteiger partial charge in [-0.05, 0) is 30.3 Å². The monoisotopic (exact) mass is 383 g/mol. The predicted octanol–water partition coefficient (Wildman–Crippen LogP) is 4.73. The Morgan fingerprint density at radius 3 is 2.54 bits per heavy atom. The topological polar surface area (TPSA) is 66.0 Å². The van der Waals surface area contributed by atoms with Gasteiger partial charge in [-0.2, -0.15) is 23.4 Å². The summed E-state index contributed by atoms with van der Waals surface area (Å²) in [5.41, 5.74) is 3.39. The zero-order chi connectivity index (χ0) is 18.7. The molecule has 5 nitrogen and oxygen atoms in total. The number of halogens is 5. The van der Waals surface area contributed by atoms with E-state index in [9.17, 15) is 17.6 Å². The molecule has 0 spiro atoms. The van der Waals surface area contributed by atoms with Crippen molar-refractivity contribution in [3.05, 3.63) is 64.7 Å². The molecule has 3 rings (SSSR count). The van der Waals surface area contributed by atoms with Crippen LogP contribution in [0, 0.1) is 5.82 Å². The van der Waals surface area contributed by atoms with Crippen molar-refractivity contribution in [2.45, 2.75) is 6.18 Å². The number of aromatic nitrogens is 3. The van der Waals surface area contributed by atoms with Gasteiger partial charge in [0.15, 0.2) is 5.82 Å². The normalized spacial score (nSPS) is 11.9. The number of pyridine rings is 1. The summed E-state index contributed by atoms with van der Waals surface area (Å²) in [6.45, 7) is 0. The zero-order valence-corrected chi connectivity index (χ0v) is 13.6. The van der Waals surface area contributed by atoms with Gasteiger partial charge < -0.3 is 0 Å². The second-order valence-electron chi connectivity index (χ2n) is 5.13. The third-order valence-electron chi connectivity index (χ3n) is 3.34. The highest BCUT2D eigenvalue weighted by molar-refractivity contribution is 6.32. The number of nitrogens with one attached hydrogen (secondary N) is 2.